The molecule has 0 spiro atoms. The predicted molar refractivity (Wildman–Crippen MR) is 110 cm³/mol. The number of para-hydroxylation sites is 2. The number of hydrogen-bond acceptors (Lipinski definition) is 5. The number of ether oxygens (including phenoxy) is 2. The van der Waals surface area contributed by atoms with E-state index >= 15 is 0 Å². The molecule has 0 N–H and O–H groups in total. The molecule has 2 aromatic carbocycles. The summed E-state index contributed by atoms with van der Waals surface area (Å²) in [5.41, 5.74) is 0.484. The molecule has 0 unspecified atom stereocenters. The number of hydrogen-bond donors (Lipinski definition) is 0. The first-order valence-electron chi connectivity index (χ1n) is 9.68. The third-order valence-electron chi connectivity index (χ3n) is 5.57. The minimum atomic E-state index is -4.18. The maximum absolute atomic E-state index is 13.6. The number of imidazole rings is 1. The van der Waals surface area contributed by atoms with Gasteiger partial charge in [-0.2, -0.15) is 3.97 Å². The van der Waals surface area contributed by atoms with E-state index in [1.807, 2.05) is 12.1 Å². The van der Waals surface area contributed by atoms with E-state index < -0.39 is 15.7 Å². The van der Waals surface area contributed by atoms with Crippen LogP contribution in [0.3, 0.4) is 0 Å². The molecule has 1 aliphatic rings. The van der Waals surface area contributed by atoms with E-state index in [2.05, 4.69) is 0 Å². The summed E-state index contributed by atoms with van der Waals surface area (Å²) < 4.78 is 40.2. The zero-order valence-corrected chi connectivity index (χ0v) is 17.3. The molecule has 3 aromatic rings. The van der Waals surface area contributed by atoms with Gasteiger partial charge in [0.25, 0.3) is 10.0 Å². The third kappa shape index (κ3) is 3.21. The summed E-state index contributed by atoms with van der Waals surface area (Å²) in [5.74, 6) is 0.600. The Bertz CT molecular complexity index is 1200. The van der Waals surface area contributed by atoms with Crippen molar-refractivity contribution in [3.8, 4) is 11.5 Å². The molecule has 0 radical (unpaired) electrons. The zero-order chi connectivity index (χ0) is 20.6. The number of fused-ring (bicyclic) bond motifs is 1. The topological polar surface area (TPSA) is 79.5 Å². The highest BCUT2D eigenvalue weighted by atomic mass is 32.2. The van der Waals surface area contributed by atoms with E-state index in [-0.39, 0.29) is 16.7 Å². The molecule has 1 aliphatic carbocycles. The maximum Gasteiger partial charge on any atom is 0.343 e. The number of nitrogens with zero attached hydrogens (tertiary/aromatic N) is 2. The number of rotatable bonds is 5. The van der Waals surface area contributed by atoms with E-state index in [0.717, 1.165) is 36.1 Å². The van der Waals surface area contributed by atoms with Gasteiger partial charge in [-0.3, -0.25) is 4.57 Å². The van der Waals surface area contributed by atoms with E-state index in [0.29, 0.717) is 16.8 Å². The molecule has 1 heterocycles. The van der Waals surface area contributed by atoms with Gasteiger partial charge in [0.05, 0.1) is 25.3 Å². The number of methoxy groups -OCH3 is 2. The molecule has 29 heavy (non-hydrogen) atoms. The van der Waals surface area contributed by atoms with E-state index in [1.165, 1.54) is 26.4 Å². The molecule has 4 rings (SSSR count). The Morgan fingerprint density at radius 3 is 2.28 bits per heavy atom. The predicted octanol–water partition coefficient (Wildman–Crippen LogP) is 3.56. The second kappa shape index (κ2) is 7.59. The first kappa shape index (κ1) is 19.6. The van der Waals surface area contributed by atoms with E-state index in [4.69, 9.17) is 9.47 Å². The van der Waals surface area contributed by atoms with Gasteiger partial charge in [-0.15, -0.1) is 0 Å². The minimum Gasteiger partial charge on any atom is -0.497 e. The minimum absolute atomic E-state index is 0.00960. The molecule has 1 aromatic heterocycles. The Kier molecular flexibility index (Phi) is 5.12. The second-order valence-electron chi connectivity index (χ2n) is 7.22. The largest absolute Gasteiger partial charge is 0.497 e. The van der Waals surface area contributed by atoms with Crippen LogP contribution in [0.25, 0.3) is 11.0 Å². The highest BCUT2D eigenvalue weighted by Crippen LogP contribution is 2.33. The lowest BCUT2D eigenvalue weighted by atomic mass is 9.95. The summed E-state index contributed by atoms with van der Waals surface area (Å²) in [6, 6.07) is 11.5. The van der Waals surface area contributed by atoms with Crippen molar-refractivity contribution in [1.29, 1.82) is 0 Å². The quantitative estimate of drug-likeness (QED) is 0.635. The van der Waals surface area contributed by atoms with Crippen molar-refractivity contribution < 1.29 is 17.9 Å². The maximum atomic E-state index is 13.6. The molecule has 8 heteroatoms. The van der Waals surface area contributed by atoms with Crippen LogP contribution in [-0.4, -0.2) is 31.2 Å². The molecule has 1 fully saturated rings. The summed E-state index contributed by atoms with van der Waals surface area (Å²) in [6.07, 6.45) is 4.97. The summed E-state index contributed by atoms with van der Waals surface area (Å²) in [5, 5.41) is 0. The molecule has 0 saturated heterocycles. The normalized spacial score (nSPS) is 15.5. The van der Waals surface area contributed by atoms with Crippen LogP contribution < -0.4 is 15.2 Å². The average molecular weight is 416 g/mol. The van der Waals surface area contributed by atoms with Crippen LogP contribution in [0.4, 0.5) is 0 Å². The van der Waals surface area contributed by atoms with Crippen LogP contribution in [0.2, 0.25) is 0 Å². The summed E-state index contributed by atoms with van der Waals surface area (Å²) in [6.45, 7) is 0. The van der Waals surface area contributed by atoms with Crippen molar-refractivity contribution in [2.75, 3.05) is 14.2 Å². The fraction of sp³-hybridized carbons (Fsp3) is 0.381. The molecular weight excluding hydrogens is 392 g/mol. The fourth-order valence-corrected chi connectivity index (χ4v) is 5.69. The van der Waals surface area contributed by atoms with Gasteiger partial charge in [0.15, 0.2) is 0 Å². The molecule has 7 nitrogen and oxygen atoms in total. The Morgan fingerprint density at radius 2 is 1.62 bits per heavy atom. The Balaban J connectivity index is 1.97. The zero-order valence-electron chi connectivity index (χ0n) is 16.5. The van der Waals surface area contributed by atoms with E-state index in [1.54, 1.807) is 22.8 Å². The lowest BCUT2D eigenvalue weighted by molar-refractivity contribution is 0.352. The average Bonchev–Trinajstić information content (AvgIpc) is 3.06. The highest BCUT2D eigenvalue weighted by molar-refractivity contribution is 7.90. The van der Waals surface area contributed by atoms with Crippen molar-refractivity contribution in [2.24, 2.45) is 0 Å². The Morgan fingerprint density at radius 1 is 0.931 bits per heavy atom. The lowest BCUT2D eigenvalue weighted by Crippen LogP contribution is -2.32. The summed E-state index contributed by atoms with van der Waals surface area (Å²) in [7, 11) is -1.30. The first-order valence-corrected chi connectivity index (χ1v) is 11.1. The van der Waals surface area contributed by atoms with Crippen LogP contribution in [0.5, 0.6) is 11.5 Å². The molecule has 0 atom stereocenters. The van der Waals surface area contributed by atoms with Gasteiger partial charge >= 0.3 is 5.69 Å². The van der Waals surface area contributed by atoms with Gasteiger partial charge in [-0.05, 0) is 37.1 Å². The van der Waals surface area contributed by atoms with Crippen molar-refractivity contribution in [1.82, 2.24) is 8.54 Å². The molecule has 0 aliphatic heterocycles. The van der Waals surface area contributed by atoms with Crippen LogP contribution in [-0.2, 0) is 10.0 Å². The molecule has 154 valence electrons. The van der Waals surface area contributed by atoms with Gasteiger partial charge in [0.1, 0.15) is 16.4 Å². The monoisotopic (exact) mass is 416 g/mol. The Labute approximate surface area is 169 Å². The SMILES string of the molecule is COc1ccc(S(=O)(=O)n2c(=O)n(C3CCCCC3)c3ccccc32)c(OC)c1. The van der Waals surface area contributed by atoms with Gasteiger partial charge in [-0.25, -0.2) is 13.2 Å². The van der Waals surface area contributed by atoms with E-state index in [9.17, 15) is 13.2 Å². The van der Waals surface area contributed by atoms with Crippen molar-refractivity contribution in [3.05, 3.63) is 52.9 Å². The van der Waals surface area contributed by atoms with Crippen LogP contribution in [0.15, 0.2) is 52.2 Å². The molecule has 0 amide bonds. The molecule has 0 bridgehead atoms. The standard InChI is InChI=1S/C21H24N2O5S/c1-27-16-12-13-20(19(14-16)28-2)29(25,26)23-18-11-7-6-10-17(18)22(21(23)24)15-8-4-3-5-9-15/h6-7,10-15H,3-5,8-9H2,1-2H3. The lowest BCUT2D eigenvalue weighted by Gasteiger charge is -2.22. The summed E-state index contributed by atoms with van der Waals surface area (Å²) in [4.78, 5) is 13.3. The molecular formula is C21H24N2O5S. The summed E-state index contributed by atoms with van der Waals surface area (Å²) >= 11 is 0. The third-order valence-corrected chi connectivity index (χ3v) is 7.30. The second-order valence-corrected chi connectivity index (χ2v) is 8.97. The van der Waals surface area contributed by atoms with Gasteiger partial charge in [-0.1, -0.05) is 31.4 Å². The van der Waals surface area contributed by atoms with Gasteiger partial charge < -0.3 is 9.47 Å². The number of aromatic nitrogens is 2. The van der Waals surface area contributed by atoms with Crippen molar-refractivity contribution in [3.63, 3.8) is 0 Å². The number of benzene rings is 2. The molecule has 1 saturated carbocycles. The fourth-order valence-electron chi connectivity index (χ4n) is 4.15. The Hall–Kier alpha value is -2.74. The highest BCUT2D eigenvalue weighted by Gasteiger charge is 2.30. The van der Waals surface area contributed by atoms with Gasteiger partial charge in [0.2, 0.25) is 0 Å². The van der Waals surface area contributed by atoms with Crippen LogP contribution >= 0.6 is 0 Å². The smallest absolute Gasteiger partial charge is 0.343 e. The van der Waals surface area contributed by atoms with Crippen molar-refractivity contribution >= 4 is 21.1 Å². The van der Waals surface area contributed by atoms with Crippen LogP contribution in [0.1, 0.15) is 38.1 Å². The van der Waals surface area contributed by atoms with Gasteiger partial charge in [0, 0.05) is 12.1 Å². The van der Waals surface area contributed by atoms with Crippen molar-refractivity contribution in [2.45, 2.75) is 43.0 Å². The van der Waals surface area contributed by atoms with Crippen LogP contribution in [0, 0.1) is 0 Å². The first-order chi connectivity index (χ1) is 14.0.